The Hall–Kier alpha value is -1.78. The van der Waals surface area contributed by atoms with E-state index in [1.807, 2.05) is 18.7 Å². The van der Waals surface area contributed by atoms with Crippen molar-refractivity contribution in [1.82, 2.24) is 4.90 Å². The van der Waals surface area contributed by atoms with Crippen LogP contribution in [0.25, 0.3) is 0 Å². The summed E-state index contributed by atoms with van der Waals surface area (Å²) in [7, 11) is 0. The molecule has 0 aromatic heterocycles. The predicted octanol–water partition coefficient (Wildman–Crippen LogP) is 8.81. The fraction of sp³-hybridized carbons (Fsp3) is 0.500. The lowest BCUT2D eigenvalue weighted by Crippen LogP contribution is -2.40. The van der Waals surface area contributed by atoms with E-state index in [1.165, 1.54) is 30.2 Å². The molecular formula is C26H37Cl2FN2O. The van der Waals surface area contributed by atoms with Crippen LogP contribution in [-0.2, 0) is 0 Å². The summed E-state index contributed by atoms with van der Waals surface area (Å²) < 4.78 is 13.1. The second-order valence-corrected chi connectivity index (χ2v) is 9.24. The number of halogens is 3. The number of nitrogens with one attached hydrogen (secondary N) is 1. The van der Waals surface area contributed by atoms with E-state index in [1.54, 1.807) is 6.08 Å². The summed E-state index contributed by atoms with van der Waals surface area (Å²) in [5.41, 5.74) is 2.94. The molecule has 0 saturated carbocycles. The highest BCUT2D eigenvalue weighted by Crippen LogP contribution is 2.23. The SMILES string of the molecule is C=C/C(Cl)=C(C)\C(=C/C)CC.CC1CCC(C)CN(C(=O)Nc2ccc(F)c(Cl)c2)CC1. The number of rotatable bonds is 4. The van der Waals surface area contributed by atoms with Gasteiger partial charge in [-0.3, -0.25) is 0 Å². The third kappa shape index (κ3) is 9.38. The molecule has 3 nitrogen and oxygen atoms in total. The van der Waals surface area contributed by atoms with Gasteiger partial charge in [-0.15, -0.1) is 0 Å². The van der Waals surface area contributed by atoms with E-state index < -0.39 is 5.82 Å². The van der Waals surface area contributed by atoms with Crippen LogP contribution in [0.15, 0.2) is 53.1 Å². The average Bonchev–Trinajstić information content (AvgIpc) is 2.77. The zero-order chi connectivity index (χ0) is 24.3. The zero-order valence-electron chi connectivity index (χ0n) is 20.0. The Kier molecular flexibility index (Phi) is 12.7. The second-order valence-electron chi connectivity index (χ2n) is 8.43. The zero-order valence-corrected chi connectivity index (χ0v) is 21.5. The third-order valence-corrected chi connectivity index (χ3v) is 6.51. The van der Waals surface area contributed by atoms with Gasteiger partial charge in [0.15, 0.2) is 0 Å². The van der Waals surface area contributed by atoms with Crippen molar-refractivity contribution < 1.29 is 9.18 Å². The van der Waals surface area contributed by atoms with Crippen LogP contribution in [0.4, 0.5) is 14.9 Å². The maximum absolute atomic E-state index is 13.1. The molecule has 2 atom stereocenters. The lowest BCUT2D eigenvalue weighted by Gasteiger charge is -2.30. The van der Waals surface area contributed by atoms with E-state index in [9.17, 15) is 9.18 Å². The molecule has 0 aliphatic carbocycles. The molecule has 6 heteroatoms. The molecule has 2 amide bonds. The number of amides is 2. The molecule has 178 valence electrons. The molecule has 0 bridgehead atoms. The molecule has 1 aromatic rings. The first-order chi connectivity index (χ1) is 15.1. The minimum absolute atomic E-state index is 0.0162. The second kappa shape index (κ2) is 14.4. The molecule has 2 unspecified atom stereocenters. The fourth-order valence-electron chi connectivity index (χ4n) is 3.60. The molecule has 1 fully saturated rings. The number of hydrogen-bond donors (Lipinski definition) is 1. The largest absolute Gasteiger partial charge is 0.324 e. The molecule has 1 saturated heterocycles. The molecule has 32 heavy (non-hydrogen) atoms. The first kappa shape index (κ1) is 28.3. The van der Waals surface area contributed by atoms with Crippen LogP contribution in [-0.4, -0.2) is 24.0 Å². The lowest BCUT2D eigenvalue weighted by molar-refractivity contribution is 0.185. The first-order valence-electron chi connectivity index (χ1n) is 11.3. The topological polar surface area (TPSA) is 32.3 Å². The smallest absolute Gasteiger partial charge is 0.321 e. The number of anilines is 1. The molecular weight excluding hydrogens is 446 g/mol. The van der Waals surface area contributed by atoms with Crippen LogP contribution >= 0.6 is 23.2 Å². The number of carbonyl (C=O) groups excluding carboxylic acids is 1. The third-order valence-electron chi connectivity index (χ3n) is 5.78. The van der Waals surface area contributed by atoms with Gasteiger partial charge in [-0.1, -0.05) is 69.1 Å². The molecule has 1 heterocycles. The quantitative estimate of drug-likeness (QED) is 0.427. The summed E-state index contributed by atoms with van der Waals surface area (Å²) in [5.74, 6) is 0.655. The molecule has 2 rings (SSSR count). The van der Waals surface area contributed by atoms with Gasteiger partial charge in [0.2, 0.25) is 0 Å². The number of carbonyl (C=O) groups is 1. The van der Waals surface area contributed by atoms with Crippen molar-refractivity contribution in [3.05, 3.63) is 63.9 Å². The van der Waals surface area contributed by atoms with Gasteiger partial charge in [-0.2, -0.15) is 0 Å². The van der Waals surface area contributed by atoms with Crippen molar-refractivity contribution in [2.45, 2.75) is 60.3 Å². The Labute approximate surface area is 203 Å². The fourth-order valence-corrected chi connectivity index (χ4v) is 3.90. The van der Waals surface area contributed by atoms with Crippen LogP contribution in [0.3, 0.4) is 0 Å². The van der Waals surface area contributed by atoms with E-state index in [0.717, 1.165) is 43.0 Å². The Bertz CT molecular complexity index is 835. The minimum Gasteiger partial charge on any atom is -0.324 e. The van der Waals surface area contributed by atoms with E-state index in [4.69, 9.17) is 23.2 Å². The van der Waals surface area contributed by atoms with Crippen molar-refractivity contribution >= 4 is 34.9 Å². The number of urea groups is 1. The summed E-state index contributed by atoms with van der Waals surface area (Å²) in [5, 5.41) is 3.57. The maximum atomic E-state index is 13.1. The number of likely N-dealkylation sites (tertiary alicyclic amines) is 1. The van der Waals surface area contributed by atoms with Gasteiger partial charge in [-0.05, 0) is 74.3 Å². The van der Waals surface area contributed by atoms with Crippen molar-refractivity contribution in [3.63, 3.8) is 0 Å². The van der Waals surface area contributed by atoms with E-state index in [0.29, 0.717) is 17.5 Å². The standard InChI is InChI=1S/C16H22ClFN2O.C10H15Cl/c1-11-3-4-12(2)10-20(8-7-11)16(21)19-13-5-6-15(18)14(17)9-13;1-5-9(6-2)8(4)10(11)7-3/h5-6,9,11-12H,3-4,7-8,10H2,1-2H3,(H,19,21);5,7H,3,6H2,1-2,4H3/b;9-5-,10-8+. The average molecular weight is 483 g/mol. The molecule has 1 aliphatic heterocycles. The highest BCUT2D eigenvalue weighted by atomic mass is 35.5. The van der Waals surface area contributed by atoms with Crippen molar-refractivity contribution in [1.29, 1.82) is 0 Å². The normalized spacial score (nSPS) is 20.2. The van der Waals surface area contributed by atoms with Crippen molar-refractivity contribution in [2.24, 2.45) is 11.8 Å². The Morgan fingerprint density at radius 3 is 2.50 bits per heavy atom. The highest BCUT2D eigenvalue weighted by Gasteiger charge is 2.21. The number of hydrogen-bond acceptors (Lipinski definition) is 1. The van der Waals surface area contributed by atoms with Crippen LogP contribution in [0.5, 0.6) is 0 Å². The van der Waals surface area contributed by atoms with Crippen LogP contribution in [0.1, 0.15) is 60.3 Å². The molecule has 1 aliphatic rings. The molecule has 0 spiro atoms. The summed E-state index contributed by atoms with van der Waals surface area (Å²) in [6.45, 7) is 15.7. The van der Waals surface area contributed by atoms with Crippen molar-refractivity contribution in [2.75, 3.05) is 18.4 Å². The van der Waals surface area contributed by atoms with Gasteiger partial charge in [0.05, 0.1) is 5.02 Å². The van der Waals surface area contributed by atoms with Crippen LogP contribution in [0, 0.1) is 17.7 Å². The number of benzene rings is 1. The summed E-state index contributed by atoms with van der Waals surface area (Å²) in [4.78, 5) is 14.2. The summed E-state index contributed by atoms with van der Waals surface area (Å²) in [6, 6.07) is 4.08. The maximum Gasteiger partial charge on any atom is 0.321 e. The van der Waals surface area contributed by atoms with Gasteiger partial charge in [0, 0.05) is 23.8 Å². The Balaban J connectivity index is 0.000000396. The van der Waals surface area contributed by atoms with E-state index >= 15 is 0 Å². The summed E-state index contributed by atoms with van der Waals surface area (Å²) >= 11 is 11.6. The summed E-state index contributed by atoms with van der Waals surface area (Å²) in [6.07, 6.45) is 8.17. The van der Waals surface area contributed by atoms with Gasteiger partial charge in [0.25, 0.3) is 0 Å². The number of nitrogens with zero attached hydrogens (tertiary/aromatic N) is 1. The predicted molar refractivity (Wildman–Crippen MR) is 137 cm³/mol. The lowest BCUT2D eigenvalue weighted by atomic mass is 9.93. The Morgan fingerprint density at radius 1 is 1.28 bits per heavy atom. The molecule has 0 radical (unpaired) electrons. The first-order valence-corrected chi connectivity index (χ1v) is 12.0. The van der Waals surface area contributed by atoms with Crippen molar-refractivity contribution in [3.8, 4) is 0 Å². The van der Waals surface area contributed by atoms with E-state index in [2.05, 4.69) is 38.7 Å². The van der Waals surface area contributed by atoms with Gasteiger partial charge in [0.1, 0.15) is 5.82 Å². The highest BCUT2D eigenvalue weighted by molar-refractivity contribution is 6.31. The van der Waals surface area contributed by atoms with Crippen LogP contribution < -0.4 is 5.32 Å². The van der Waals surface area contributed by atoms with Crippen LogP contribution in [0.2, 0.25) is 5.02 Å². The van der Waals surface area contributed by atoms with E-state index in [-0.39, 0.29) is 11.1 Å². The minimum atomic E-state index is -0.483. The van der Waals surface area contributed by atoms with Gasteiger partial charge in [-0.25, -0.2) is 9.18 Å². The van der Waals surface area contributed by atoms with Gasteiger partial charge < -0.3 is 10.2 Å². The molecule has 1 aromatic carbocycles. The Morgan fingerprint density at radius 2 is 1.94 bits per heavy atom. The number of allylic oxidation sites excluding steroid dienone is 5. The molecule has 1 N–H and O–H groups in total. The van der Waals surface area contributed by atoms with Gasteiger partial charge >= 0.3 is 6.03 Å². The monoisotopic (exact) mass is 482 g/mol.